The number of halogens is 1. The second kappa shape index (κ2) is 7.19. The quantitative estimate of drug-likeness (QED) is 0.913. The molecule has 2 amide bonds. The maximum atomic E-state index is 12.3. The Morgan fingerprint density at radius 3 is 2.68 bits per heavy atom. The lowest BCUT2D eigenvalue weighted by molar-refractivity contribution is 0.194. The van der Waals surface area contributed by atoms with Crippen molar-refractivity contribution in [3.05, 3.63) is 57.5 Å². The Labute approximate surface area is 151 Å². The molecule has 0 aliphatic carbocycles. The molecule has 7 heteroatoms. The zero-order chi connectivity index (χ0) is 18.0. The number of carbonyl (C=O) groups is 1. The highest BCUT2D eigenvalue weighted by Gasteiger charge is 2.27. The molecule has 0 saturated carbocycles. The van der Waals surface area contributed by atoms with E-state index in [9.17, 15) is 9.59 Å². The van der Waals surface area contributed by atoms with Crippen LogP contribution in [0.2, 0.25) is 5.02 Å². The fourth-order valence-corrected chi connectivity index (χ4v) is 2.87. The fraction of sp³-hybridized carbons (Fsp3) is 0.333. The highest BCUT2D eigenvalue weighted by atomic mass is 35.5. The molecule has 132 valence electrons. The molecule has 1 aliphatic rings. The summed E-state index contributed by atoms with van der Waals surface area (Å²) in [6.07, 6.45) is 0.602. The van der Waals surface area contributed by atoms with Gasteiger partial charge in [0.25, 0.3) is 5.56 Å². The number of benzene rings is 1. The average Bonchev–Trinajstić information content (AvgIpc) is 3.03. The van der Waals surface area contributed by atoms with Crippen LogP contribution >= 0.6 is 11.6 Å². The van der Waals surface area contributed by atoms with Gasteiger partial charge in [-0.25, -0.2) is 4.79 Å². The predicted octanol–water partition coefficient (Wildman–Crippen LogP) is 3.03. The van der Waals surface area contributed by atoms with E-state index in [2.05, 4.69) is 5.32 Å². The number of likely N-dealkylation sites (tertiary alicyclic amines) is 1. The third-order valence-corrected chi connectivity index (χ3v) is 4.56. The normalized spacial score (nSPS) is 16.8. The Morgan fingerprint density at radius 2 is 2.00 bits per heavy atom. The largest absolute Gasteiger partial charge is 0.488 e. The molecule has 2 aromatic rings. The fourth-order valence-electron chi connectivity index (χ4n) is 2.74. The number of hydrogen-bond donors (Lipinski definition) is 1. The molecule has 0 bridgehead atoms. The van der Waals surface area contributed by atoms with E-state index in [1.165, 1.54) is 6.07 Å². The molecule has 1 saturated heterocycles. The summed E-state index contributed by atoms with van der Waals surface area (Å²) in [5.74, 6) is 0.547. The number of aromatic nitrogens is 1. The van der Waals surface area contributed by atoms with Crippen molar-refractivity contribution >= 4 is 23.3 Å². The van der Waals surface area contributed by atoms with Crippen molar-refractivity contribution < 1.29 is 9.53 Å². The minimum atomic E-state index is -0.173. The molecular weight excluding hydrogens is 342 g/mol. The number of carbonyl (C=O) groups excluding carboxylic acids is 1. The van der Waals surface area contributed by atoms with Crippen molar-refractivity contribution in [1.29, 1.82) is 0 Å². The summed E-state index contributed by atoms with van der Waals surface area (Å²) in [4.78, 5) is 25.9. The van der Waals surface area contributed by atoms with Gasteiger partial charge in [0.2, 0.25) is 0 Å². The molecule has 1 N–H and O–H groups in total. The molecule has 1 fully saturated rings. The Bertz CT molecular complexity index is 832. The van der Waals surface area contributed by atoms with Gasteiger partial charge in [-0.1, -0.05) is 11.6 Å². The lowest BCUT2D eigenvalue weighted by Crippen LogP contribution is -2.34. The molecule has 1 aromatic carbocycles. The number of aryl methyl sites for hydroxylation is 1. The minimum Gasteiger partial charge on any atom is -0.488 e. The van der Waals surface area contributed by atoms with Crippen LogP contribution in [0.1, 0.15) is 12.1 Å². The van der Waals surface area contributed by atoms with Crippen LogP contribution in [-0.4, -0.2) is 34.7 Å². The highest BCUT2D eigenvalue weighted by molar-refractivity contribution is 6.30. The van der Waals surface area contributed by atoms with Crippen LogP contribution in [-0.2, 0) is 7.05 Å². The van der Waals surface area contributed by atoms with Crippen LogP contribution in [0.3, 0.4) is 0 Å². The zero-order valence-electron chi connectivity index (χ0n) is 14.2. The standard InChI is InChI=1S/C18H20ClN3O3/c1-12-9-16(10-17(23)21(12)2)25-15-7-8-22(11-15)18(24)20-14-5-3-13(19)4-6-14/h3-6,9-10,15H,7-8,11H2,1-2H3,(H,20,24). The molecule has 3 rings (SSSR count). The monoisotopic (exact) mass is 361 g/mol. The van der Waals surface area contributed by atoms with Crippen LogP contribution in [0.25, 0.3) is 0 Å². The topological polar surface area (TPSA) is 63.6 Å². The van der Waals surface area contributed by atoms with Crippen LogP contribution in [0.5, 0.6) is 5.75 Å². The smallest absolute Gasteiger partial charge is 0.321 e. The van der Waals surface area contributed by atoms with Crippen LogP contribution in [0, 0.1) is 6.92 Å². The second-order valence-electron chi connectivity index (χ2n) is 6.14. The Hall–Kier alpha value is -2.47. The van der Waals surface area contributed by atoms with Crippen molar-refractivity contribution in [1.82, 2.24) is 9.47 Å². The maximum Gasteiger partial charge on any atom is 0.321 e. The number of ether oxygens (including phenoxy) is 1. The van der Waals surface area contributed by atoms with Crippen molar-refractivity contribution in [2.45, 2.75) is 19.4 Å². The molecular formula is C18H20ClN3O3. The van der Waals surface area contributed by atoms with Gasteiger partial charge < -0.3 is 19.5 Å². The van der Waals surface area contributed by atoms with Gasteiger partial charge in [0.15, 0.2) is 0 Å². The number of amides is 2. The number of nitrogens with zero attached hydrogens (tertiary/aromatic N) is 2. The Balaban J connectivity index is 1.59. The van der Waals surface area contributed by atoms with Crippen LogP contribution < -0.4 is 15.6 Å². The molecule has 25 heavy (non-hydrogen) atoms. The average molecular weight is 362 g/mol. The second-order valence-corrected chi connectivity index (χ2v) is 6.58. The van der Waals surface area contributed by atoms with E-state index < -0.39 is 0 Å². The Morgan fingerprint density at radius 1 is 1.28 bits per heavy atom. The molecule has 6 nitrogen and oxygen atoms in total. The summed E-state index contributed by atoms with van der Waals surface area (Å²) in [5.41, 5.74) is 1.42. The summed E-state index contributed by atoms with van der Waals surface area (Å²) < 4.78 is 7.45. The van der Waals surface area contributed by atoms with Gasteiger partial charge in [-0.2, -0.15) is 0 Å². The molecule has 0 spiro atoms. The lowest BCUT2D eigenvalue weighted by atomic mass is 10.3. The third-order valence-electron chi connectivity index (χ3n) is 4.31. The van der Waals surface area contributed by atoms with Gasteiger partial charge in [-0.05, 0) is 37.3 Å². The summed E-state index contributed by atoms with van der Waals surface area (Å²) in [6, 6.07) is 10.1. The number of pyridine rings is 1. The minimum absolute atomic E-state index is 0.106. The molecule has 1 aromatic heterocycles. The van der Waals surface area contributed by atoms with E-state index in [-0.39, 0.29) is 17.7 Å². The third kappa shape index (κ3) is 4.14. The van der Waals surface area contributed by atoms with E-state index in [1.807, 2.05) is 13.0 Å². The van der Waals surface area contributed by atoms with E-state index in [4.69, 9.17) is 16.3 Å². The van der Waals surface area contributed by atoms with Gasteiger partial charge in [0.05, 0.1) is 6.54 Å². The SMILES string of the molecule is Cc1cc(OC2CCN(C(=O)Nc3ccc(Cl)cc3)C2)cc(=O)n1C. The van der Waals surface area contributed by atoms with Crippen LogP contribution in [0.15, 0.2) is 41.2 Å². The highest BCUT2D eigenvalue weighted by Crippen LogP contribution is 2.20. The number of nitrogens with one attached hydrogen (secondary N) is 1. The van der Waals surface area contributed by atoms with Gasteiger partial charge in [-0.3, -0.25) is 4.79 Å². The first-order valence-electron chi connectivity index (χ1n) is 8.08. The molecule has 2 heterocycles. The summed E-state index contributed by atoms with van der Waals surface area (Å²) >= 11 is 5.84. The summed E-state index contributed by atoms with van der Waals surface area (Å²) in [7, 11) is 1.72. The molecule has 0 radical (unpaired) electrons. The zero-order valence-corrected chi connectivity index (χ0v) is 14.9. The number of urea groups is 1. The maximum absolute atomic E-state index is 12.3. The van der Waals surface area contributed by atoms with E-state index in [1.54, 1.807) is 40.8 Å². The predicted molar refractivity (Wildman–Crippen MR) is 97.5 cm³/mol. The van der Waals surface area contributed by atoms with E-state index >= 15 is 0 Å². The summed E-state index contributed by atoms with van der Waals surface area (Å²) in [5, 5.41) is 3.46. The van der Waals surface area contributed by atoms with E-state index in [0.717, 1.165) is 12.1 Å². The van der Waals surface area contributed by atoms with Crippen LogP contribution in [0.4, 0.5) is 10.5 Å². The lowest BCUT2D eigenvalue weighted by Gasteiger charge is -2.18. The number of rotatable bonds is 3. The van der Waals surface area contributed by atoms with Gasteiger partial charge >= 0.3 is 6.03 Å². The number of hydrogen-bond acceptors (Lipinski definition) is 3. The van der Waals surface area contributed by atoms with Gasteiger partial charge in [0.1, 0.15) is 11.9 Å². The molecule has 1 aliphatic heterocycles. The van der Waals surface area contributed by atoms with Gasteiger partial charge in [0, 0.05) is 42.5 Å². The first kappa shape index (κ1) is 17.4. The first-order chi connectivity index (χ1) is 11.9. The Kier molecular flexibility index (Phi) is 4.99. The van der Waals surface area contributed by atoms with E-state index in [0.29, 0.717) is 29.5 Å². The van der Waals surface area contributed by atoms with Crippen molar-refractivity contribution in [3.63, 3.8) is 0 Å². The van der Waals surface area contributed by atoms with Crippen molar-refractivity contribution in [2.24, 2.45) is 7.05 Å². The molecule has 1 unspecified atom stereocenters. The van der Waals surface area contributed by atoms with Crippen molar-refractivity contribution in [3.8, 4) is 5.75 Å². The number of anilines is 1. The van der Waals surface area contributed by atoms with Crippen molar-refractivity contribution in [2.75, 3.05) is 18.4 Å². The molecule has 1 atom stereocenters. The van der Waals surface area contributed by atoms with Gasteiger partial charge in [-0.15, -0.1) is 0 Å². The summed E-state index contributed by atoms with van der Waals surface area (Å²) in [6.45, 7) is 2.94. The first-order valence-corrected chi connectivity index (χ1v) is 8.46.